The summed E-state index contributed by atoms with van der Waals surface area (Å²) in [5, 5.41) is 7.10. The molecule has 10 rings (SSSR count). The van der Waals surface area contributed by atoms with Gasteiger partial charge >= 0.3 is 0 Å². The van der Waals surface area contributed by atoms with Gasteiger partial charge in [-0.05, 0) is 92.7 Å². The Hall–Kier alpha value is -6.58. The van der Waals surface area contributed by atoms with Gasteiger partial charge in [0.25, 0.3) is 0 Å². The van der Waals surface area contributed by atoms with Crippen molar-refractivity contribution in [3.05, 3.63) is 176 Å². The molecule has 0 amide bonds. The molecular formula is C46H29N3. The molecular weight excluding hydrogens is 595 g/mol. The van der Waals surface area contributed by atoms with Crippen LogP contribution in [0.1, 0.15) is 0 Å². The van der Waals surface area contributed by atoms with Crippen molar-refractivity contribution >= 4 is 54.4 Å². The summed E-state index contributed by atoms with van der Waals surface area (Å²) in [6.45, 7) is 0. The highest BCUT2D eigenvalue weighted by Gasteiger charge is 2.15. The molecule has 3 nitrogen and oxygen atoms in total. The van der Waals surface area contributed by atoms with Gasteiger partial charge in [-0.3, -0.25) is 9.97 Å². The molecule has 0 aliphatic heterocycles. The summed E-state index contributed by atoms with van der Waals surface area (Å²) in [7, 11) is 0. The van der Waals surface area contributed by atoms with Crippen LogP contribution in [0, 0.1) is 0 Å². The molecule has 3 heteroatoms. The number of hydrogen-bond acceptors (Lipinski definition) is 2. The largest absolute Gasteiger partial charge is 0.309 e. The van der Waals surface area contributed by atoms with E-state index in [9.17, 15) is 0 Å². The third-order valence-electron chi connectivity index (χ3n) is 9.86. The van der Waals surface area contributed by atoms with Crippen LogP contribution in [0.25, 0.3) is 93.5 Å². The Kier molecular flexibility index (Phi) is 6.18. The van der Waals surface area contributed by atoms with Crippen molar-refractivity contribution < 1.29 is 0 Å². The van der Waals surface area contributed by atoms with E-state index < -0.39 is 0 Å². The molecule has 0 atom stereocenters. The molecule has 2 aromatic heterocycles. The molecule has 0 bridgehead atoms. The maximum absolute atomic E-state index is 4.80. The SMILES string of the molecule is c1ccc(-c2ccc3c(c2)c2cc(-c4cccc(-c5ccc6c(c5)c5ccccc5n6-c5ccccc5)c4)ccc2c2nccnc32)cc1. The fourth-order valence-corrected chi connectivity index (χ4v) is 7.56. The third kappa shape index (κ3) is 4.44. The summed E-state index contributed by atoms with van der Waals surface area (Å²) in [6, 6.07) is 59.1. The Morgan fingerprint density at radius 1 is 0.306 bits per heavy atom. The van der Waals surface area contributed by atoms with Crippen LogP contribution in [0.2, 0.25) is 0 Å². The zero-order valence-corrected chi connectivity index (χ0v) is 26.6. The van der Waals surface area contributed by atoms with Crippen molar-refractivity contribution in [1.82, 2.24) is 14.5 Å². The van der Waals surface area contributed by atoms with E-state index in [0.29, 0.717) is 0 Å². The molecule has 10 aromatic rings. The van der Waals surface area contributed by atoms with Gasteiger partial charge < -0.3 is 4.57 Å². The number of benzene rings is 8. The number of rotatable bonds is 4. The number of nitrogens with zero attached hydrogens (tertiary/aromatic N) is 3. The first-order valence-electron chi connectivity index (χ1n) is 16.7. The van der Waals surface area contributed by atoms with Crippen LogP contribution in [0.3, 0.4) is 0 Å². The maximum Gasteiger partial charge on any atom is 0.0971 e. The zero-order valence-electron chi connectivity index (χ0n) is 26.6. The predicted octanol–water partition coefficient (Wildman–Crippen LogP) is 12.0. The van der Waals surface area contributed by atoms with Gasteiger partial charge in [0.15, 0.2) is 0 Å². The molecule has 8 aromatic carbocycles. The molecule has 0 fully saturated rings. The van der Waals surface area contributed by atoms with Crippen LogP contribution < -0.4 is 0 Å². The van der Waals surface area contributed by atoms with Gasteiger partial charge in [0.1, 0.15) is 0 Å². The summed E-state index contributed by atoms with van der Waals surface area (Å²) in [5.74, 6) is 0. The Morgan fingerprint density at radius 2 is 0.796 bits per heavy atom. The summed E-state index contributed by atoms with van der Waals surface area (Å²) in [6.07, 6.45) is 3.58. The molecule has 0 saturated heterocycles. The minimum absolute atomic E-state index is 0.931. The fraction of sp³-hybridized carbons (Fsp3) is 0. The lowest BCUT2D eigenvalue weighted by Gasteiger charge is -2.13. The molecule has 0 radical (unpaired) electrons. The Balaban J connectivity index is 1.13. The highest BCUT2D eigenvalue weighted by molar-refractivity contribution is 6.24. The Labute approximate surface area is 283 Å². The van der Waals surface area contributed by atoms with E-state index in [4.69, 9.17) is 9.97 Å². The summed E-state index contributed by atoms with van der Waals surface area (Å²) in [4.78, 5) is 9.58. The lowest BCUT2D eigenvalue weighted by molar-refractivity contribution is 1.18. The van der Waals surface area contributed by atoms with Gasteiger partial charge in [0.2, 0.25) is 0 Å². The van der Waals surface area contributed by atoms with Gasteiger partial charge in [0.05, 0.1) is 22.1 Å². The van der Waals surface area contributed by atoms with Crippen molar-refractivity contribution in [2.24, 2.45) is 0 Å². The van der Waals surface area contributed by atoms with E-state index in [0.717, 1.165) is 21.8 Å². The van der Waals surface area contributed by atoms with E-state index >= 15 is 0 Å². The highest BCUT2D eigenvalue weighted by atomic mass is 15.0. The van der Waals surface area contributed by atoms with Crippen molar-refractivity contribution in [3.8, 4) is 39.1 Å². The van der Waals surface area contributed by atoms with Crippen LogP contribution >= 0.6 is 0 Å². The second kappa shape index (κ2) is 11.0. The fourth-order valence-electron chi connectivity index (χ4n) is 7.56. The summed E-state index contributed by atoms with van der Waals surface area (Å²) in [5.41, 5.74) is 12.6. The molecule has 0 unspecified atom stereocenters. The first-order valence-corrected chi connectivity index (χ1v) is 16.7. The lowest BCUT2D eigenvalue weighted by atomic mass is 9.92. The van der Waals surface area contributed by atoms with E-state index in [2.05, 4.69) is 168 Å². The quantitative estimate of drug-likeness (QED) is 0.183. The van der Waals surface area contributed by atoms with Crippen LogP contribution in [0.5, 0.6) is 0 Å². The number of para-hydroxylation sites is 2. The van der Waals surface area contributed by atoms with Gasteiger partial charge in [0, 0.05) is 39.6 Å². The van der Waals surface area contributed by atoms with Crippen LogP contribution in [-0.2, 0) is 0 Å². The topological polar surface area (TPSA) is 30.7 Å². The normalized spacial score (nSPS) is 11.7. The number of fused-ring (bicyclic) bond motifs is 9. The van der Waals surface area contributed by atoms with Crippen molar-refractivity contribution in [2.45, 2.75) is 0 Å². The van der Waals surface area contributed by atoms with Crippen molar-refractivity contribution in [1.29, 1.82) is 0 Å². The van der Waals surface area contributed by atoms with Crippen molar-refractivity contribution in [3.63, 3.8) is 0 Å². The molecule has 0 spiro atoms. The molecule has 0 N–H and O–H groups in total. The van der Waals surface area contributed by atoms with Gasteiger partial charge in [-0.1, -0.05) is 115 Å². The van der Waals surface area contributed by atoms with Crippen molar-refractivity contribution in [2.75, 3.05) is 0 Å². The minimum atomic E-state index is 0.931. The average Bonchev–Trinajstić information content (AvgIpc) is 3.52. The van der Waals surface area contributed by atoms with E-state index in [1.807, 2.05) is 0 Å². The van der Waals surface area contributed by atoms with E-state index in [1.165, 1.54) is 71.6 Å². The summed E-state index contributed by atoms with van der Waals surface area (Å²) >= 11 is 0. The average molecular weight is 624 g/mol. The Bertz CT molecular complexity index is 2870. The smallest absolute Gasteiger partial charge is 0.0971 e. The molecule has 0 saturated carbocycles. The monoisotopic (exact) mass is 623 g/mol. The van der Waals surface area contributed by atoms with Crippen LogP contribution in [0.4, 0.5) is 0 Å². The second-order valence-electron chi connectivity index (χ2n) is 12.6. The summed E-state index contributed by atoms with van der Waals surface area (Å²) < 4.78 is 2.36. The van der Waals surface area contributed by atoms with E-state index in [1.54, 1.807) is 12.4 Å². The maximum atomic E-state index is 4.80. The molecule has 0 aliphatic carbocycles. The van der Waals surface area contributed by atoms with Gasteiger partial charge in [-0.25, -0.2) is 0 Å². The zero-order chi connectivity index (χ0) is 32.3. The first-order chi connectivity index (χ1) is 24.3. The molecule has 228 valence electrons. The van der Waals surface area contributed by atoms with Gasteiger partial charge in [-0.2, -0.15) is 0 Å². The minimum Gasteiger partial charge on any atom is -0.309 e. The van der Waals surface area contributed by atoms with Gasteiger partial charge in [-0.15, -0.1) is 0 Å². The standard InChI is InChI=1S/C46H29N3/c1-3-10-30(11-4-1)33-18-21-38-40(27-33)41-28-34(19-22-39(41)46-45(38)47-24-25-48-46)31-12-9-13-32(26-31)35-20-23-44-42(29-35)37-16-7-8-17-43(37)49(44)36-14-5-2-6-15-36/h1-29H. The third-order valence-corrected chi connectivity index (χ3v) is 9.86. The number of hydrogen-bond donors (Lipinski definition) is 0. The number of aromatic nitrogens is 3. The molecule has 49 heavy (non-hydrogen) atoms. The van der Waals surface area contributed by atoms with Crippen LogP contribution in [0.15, 0.2) is 176 Å². The second-order valence-corrected chi connectivity index (χ2v) is 12.6. The highest BCUT2D eigenvalue weighted by Crippen LogP contribution is 2.39. The Morgan fingerprint density at radius 3 is 1.47 bits per heavy atom. The first kappa shape index (κ1) is 27.5. The van der Waals surface area contributed by atoms with E-state index in [-0.39, 0.29) is 0 Å². The molecule has 2 heterocycles. The molecule has 0 aliphatic rings. The van der Waals surface area contributed by atoms with Crippen LogP contribution in [-0.4, -0.2) is 14.5 Å². The predicted molar refractivity (Wildman–Crippen MR) is 205 cm³/mol. The lowest BCUT2D eigenvalue weighted by Crippen LogP contribution is -1.92.